The number of likely N-dealkylation sites (tertiary alicyclic amines) is 1. The van der Waals surface area contributed by atoms with Crippen LogP contribution in [0.15, 0.2) is 30.3 Å². The van der Waals surface area contributed by atoms with E-state index in [9.17, 15) is 0 Å². The van der Waals surface area contributed by atoms with Crippen LogP contribution in [-0.2, 0) is 6.54 Å². The zero-order valence-corrected chi connectivity index (χ0v) is 8.95. The molecule has 1 saturated heterocycles. The third-order valence-corrected chi connectivity index (χ3v) is 2.99. The fourth-order valence-corrected chi connectivity index (χ4v) is 2.27. The molecule has 2 rings (SSSR count). The van der Waals surface area contributed by atoms with Crippen LogP contribution in [0, 0.1) is 5.92 Å². The summed E-state index contributed by atoms with van der Waals surface area (Å²) in [6, 6.07) is 10.8. The standard InChI is InChI=1S/C13H19N/c1-12-6-5-9-14(10-12)11-13-7-3-2-4-8-13/h2-4,7-8,12H,5-6,9-11H2,1H3/t12-/m0/s1. The molecular weight excluding hydrogens is 170 g/mol. The Morgan fingerprint density at radius 2 is 2.07 bits per heavy atom. The number of benzene rings is 1. The molecule has 0 bridgehead atoms. The molecule has 1 heteroatoms. The average molecular weight is 189 g/mol. The van der Waals surface area contributed by atoms with Crippen molar-refractivity contribution < 1.29 is 0 Å². The molecule has 1 aromatic rings. The normalized spacial score (nSPS) is 23.6. The molecule has 1 atom stereocenters. The van der Waals surface area contributed by atoms with E-state index >= 15 is 0 Å². The Kier molecular flexibility index (Phi) is 3.20. The summed E-state index contributed by atoms with van der Waals surface area (Å²) in [5.41, 5.74) is 1.45. The number of hydrogen-bond acceptors (Lipinski definition) is 1. The lowest BCUT2D eigenvalue weighted by Gasteiger charge is -2.30. The molecule has 0 saturated carbocycles. The van der Waals surface area contributed by atoms with Crippen LogP contribution in [0.25, 0.3) is 0 Å². The second-order valence-corrected chi connectivity index (χ2v) is 4.47. The van der Waals surface area contributed by atoms with Gasteiger partial charge in [0.15, 0.2) is 0 Å². The molecule has 0 unspecified atom stereocenters. The lowest BCUT2D eigenvalue weighted by molar-refractivity contribution is 0.176. The van der Waals surface area contributed by atoms with E-state index in [0.29, 0.717) is 0 Å². The van der Waals surface area contributed by atoms with Gasteiger partial charge in [-0.05, 0) is 30.9 Å². The van der Waals surface area contributed by atoms with Crippen molar-refractivity contribution in [2.75, 3.05) is 13.1 Å². The average Bonchev–Trinajstić information content (AvgIpc) is 2.19. The first kappa shape index (κ1) is 9.72. The molecule has 1 aromatic carbocycles. The van der Waals surface area contributed by atoms with Gasteiger partial charge < -0.3 is 0 Å². The van der Waals surface area contributed by atoms with Crippen LogP contribution in [-0.4, -0.2) is 18.0 Å². The maximum atomic E-state index is 2.57. The highest BCUT2D eigenvalue weighted by Crippen LogP contribution is 2.17. The fourth-order valence-electron chi connectivity index (χ4n) is 2.27. The summed E-state index contributed by atoms with van der Waals surface area (Å²) in [7, 11) is 0. The molecule has 14 heavy (non-hydrogen) atoms. The molecule has 0 aliphatic carbocycles. The summed E-state index contributed by atoms with van der Waals surface area (Å²) in [6.45, 7) is 6.04. The Morgan fingerprint density at radius 1 is 1.29 bits per heavy atom. The zero-order chi connectivity index (χ0) is 9.80. The molecular formula is C13H19N. The first-order chi connectivity index (χ1) is 6.84. The quantitative estimate of drug-likeness (QED) is 0.691. The predicted octanol–water partition coefficient (Wildman–Crippen LogP) is 2.92. The summed E-state index contributed by atoms with van der Waals surface area (Å²) in [4.78, 5) is 2.57. The van der Waals surface area contributed by atoms with E-state index in [4.69, 9.17) is 0 Å². The minimum atomic E-state index is 0.882. The van der Waals surface area contributed by atoms with Gasteiger partial charge in [-0.15, -0.1) is 0 Å². The van der Waals surface area contributed by atoms with E-state index in [1.54, 1.807) is 0 Å². The number of rotatable bonds is 2. The highest BCUT2D eigenvalue weighted by atomic mass is 15.1. The van der Waals surface area contributed by atoms with Gasteiger partial charge in [0.1, 0.15) is 0 Å². The van der Waals surface area contributed by atoms with Gasteiger partial charge in [0, 0.05) is 13.1 Å². The van der Waals surface area contributed by atoms with Gasteiger partial charge in [-0.2, -0.15) is 0 Å². The Morgan fingerprint density at radius 3 is 2.79 bits per heavy atom. The maximum Gasteiger partial charge on any atom is 0.0233 e. The first-order valence-corrected chi connectivity index (χ1v) is 5.61. The second-order valence-electron chi connectivity index (χ2n) is 4.47. The topological polar surface area (TPSA) is 3.24 Å². The van der Waals surface area contributed by atoms with Gasteiger partial charge in [0.2, 0.25) is 0 Å². The molecule has 1 aliphatic rings. The van der Waals surface area contributed by atoms with Gasteiger partial charge in [0.05, 0.1) is 0 Å². The van der Waals surface area contributed by atoms with E-state index in [1.807, 2.05) is 0 Å². The summed E-state index contributed by atoms with van der Waals surface area (Å²) in [5.74, 6) is 0.882. The molecule has 0 spiro atoms. The number of nitrogens with zero attached hydrogens (tertiary/aromatic N) is 1. The van der Waals surface area contributed by atoms with Crippen LogP contribution >= 0.6 is 0 Å². The Balaban J connectivity index is 1.91. The van der Waals surface area contributed by atoms with Gasteiger partial charge in [-0.1, -0.05) is 37.3 Å². The van der Waals surface area contributed by atoms with Crippen molar-refractivity contribution in [1.29, 1.82) is 0 Å². The van der Waals surface area contributed by atoms with E-state index in [0.717, 1.165) is 12.5 Å². The van der Waals surface area contributed by atoms with Crippen LogP contribution in [0.5, 0.6) is 0 Å². The summed E-state index contributed by atoms with van der Waals surface area (Å²) in [6.07, 6.45) is 2.78. The van der Waals surface area contributed by atoms with Crippen molar-refractivity contribution in [2.24, 2.45) is 5.92 Å². The largest absolute Gasteiger partial charge is 0.299 e. The highest BCUT2D eigenvalue weighted by molar-refractivity contribution is 5.14. The third kappa shape index (κ3) is 2.58. The summed E-state index contributed by atoms with van der Waals surface area (Å²) >= 11 is 0. The Bertz CT molecular complexity index is 268. The van der Waals surface area contributed by atoms with Crippen molar-refractivity contribution in [3.63, 3.8) is 0 Å². The predicted molar refractivity (Wildman–Crippen MR) is 60.1 cm³/mol. The van der Waals surface area contributed by atoms with Crippen LogP contribution in [0.1, 0.15) is 25.3 Å². The minimum absolute atomic E-state index is 0.882. The molecule has 1 aliphatic heterocycles. The molecule has 0 radical (unpaired) electrons. The highest BCUT2D eigenvalue weighted by Gasteiger charge is 2.15. The van der Waals surface area contributed by atoms with Crippen molar-refractivity contribution in [2.45, 2.75) is 26.3 Å². The number of hydrogen-bond donors (Lipinski definition) is 0. The van der Waals surface area contributed by atoms with Gasteiger partial charge in [-0.25, -0.2) is 0 Å². The Hall–Kier alpha value is -0.820. The second kappa shape index (κ2) is 4.61. The molecule has 76 valence electrons. The summed E-state index contributed by atoms with van der Waals surface area (Å²) < 4.78 is 0. The van der Waals surface area contributed by atoms with Crippen LogP contribution in [0.2, 0.25) is 0 Å². The zero-order valence-electron chi connectivity index (χ0n) is 8.95. The fraction of sp³-hybridized carbons (Fsp3) is 0.538. The first-order valence-electron chi connectivity index (χ1n) is 5.61. The van der Waals surface area contributed by atoms with Gasteiger partial charge >= 0.3 is 0 Å². The lowest BCUT2D eigenvalue weighted by Crippen LogP contribution is -2.33. The van der Waals surface area contributed by atoms with Crippen LogP contribution < -0.4 is 0 Å². The summed E-state index contributed by atoms with van der Waals surface area (Å²) in [5, 5.41) is 0. The van der Waals surface area contributed by atoms with Crippen molar-refractivity contribution in [1.82, 2.24) is 4.90 Å². The molecule has 1 nitrogen and oxygen atoms in total. The number of piperidine rings is 1. The Labute approximate surface area is 86.7 Å². The van der Waals surface area contributed by atoms with E-state index in [1.165, 1.54) is 31.5 Å². The molecule has 1 heterocycles. The van der Waals surface area contributed by atoms with Gasteiger partial charge in [0.25, 0.3) is 0 Å². The molecule has 0 amide bonds. The maximum absolute atomic E-state index is 2.57. The SMILES string of the molecule is C[C@H]1CCCN(Cc2ccccc2)C1. The van der Waals surface area contributed by atoms with E-state index < -0.39 is 0 Å². The molecule has 1 fully saturated rings. The van der Waals surface area contributed by atoms with Crippen molar-refractivity contribution >= 4 is 0 Å². The molecule has 0 N–H and O–H groups in total. The van der Waals surface area contributed by atoms with Crippen LogP contribution in [0.4, 0.5) is 0 Å². The van der Waals surface area contributed by atoms with Crippen molar-refractivity contribution in [3.8, 4) is 0 Å². The van der Waals surface area contributed by atoms with E-state index in [-0.39, 0.29) is 0 Å². The molecule has 0 aromatic heterocycles. The van der Waals surface area contributed by atoms with Crippen LogP contribution in [0.3, 0.4) is 0 Å². The smallest absolute Gasteiger partial charge is 0.0233 e. The lowest BCUT2D eigenvalue weighted by atomic mass is 10.00. The van der Waals surface area contributed by atoms with Gasteiger partial charge in [-0.3, -0.25) is 4.90 Å². The third-order valence-electron chi connectivity index (χ3n) is 2.99. The van der Waals surface area contributed by atoms with Crippen molar-refractivity contribution in [3.05, 3.63) is 35.9 Å². The van der Waals surface area contributed by atoms with E-state index in [2.05, 4.69) is 42.2 Å². The monoisotopic (exact) mass is 189 g/mol. The minimum Gasteiger partial charge on any atom is -0.299 e.